The van der Waals surface area contributed by atoms with Crippen LogP contribution in [0.5, 0.6) is 0 Å². The molecule has 0 aliphatic rings. The molecule has 0 unspecified atom stereocenters. The first-order valence-electron chi connectivity index (χ1n) is 6.49. The van der Waals surface area contributed by atoms with Gasteiger partial charge >= 0.3 is 0 Å². The van der Waals surface area contributed by atoms with Gasteiger partial charge in [0.1, 0.15) is 5.82 Å². The van der Waals surface area contributed by atoms with Gasteiger partial charge in [0.25, 0.3) is 6.43 Å². The van der Waals surface area contributed by atoms with Gasteiger partial charge in [0.15, 0.2) is 0 Å². The van der Waals surface area contributed by atoms with E-state index >= 15 is 0 Å². The van der Waals surface area contributed by atoms with E-state index < -0.39 is 17.8 Å². The van der Waals surface area contributed by atoms with Gasteiger partial charge in [-0.3, -0.25) is 0 Å². The summed E-state index contributed by atoms with van der Waals surface area (Å²) >= 11 is 0. The second-order valence-electron chi connectivity index (χ2n) is 4.71. The number of benzene rings is 1. The topological polar surface area (TPSA) is 43.6 Å². The van der Waals surface area contributed by atoms with E-state index in [1.807, 2.05) is 4.57 Å². The largest absolute Gasteiger partial charge is 0.331 e. The van der Waals surface area contributed by atoms with E-state index in [0.717, 1.165) is 12.1 Å². The van der Waals surface area contributed by atoms with Crippen molar-refractivity contribution in [2.75, 3.05) is 0 Å². The van der Waals surface area contributed by atoms with E-state index in [1.54, 1.807) is 24.8 Å². The zero-order chi connectivity index (χ0) is 15.5. The maximum atomic E-state index is 13.3. The second-order valence-corrected chi connectivity index (χ2v) is 4.71. The van der Waals surface area contributed by atoms with Crippen molar-refractivity contribution < 1.29 is 13.2 Å². The predicted molar refractivity (Wildman–Crippen MR) is 81.0 cm³/mol. The minimum Gasteiger partial charge on any atom is -0.331 e. The third-order valence-electron chi connectivity index (χ3n) is 3.17. The number of halogens is 4. The molecule has 0 bridgehead atoms. The third-order valence-corrected chi connectivity index (χ3v) is 3.17. The van der Waals surface area contributed by atoms with Gasteiger partial charge in [0, 0.05) is 18.0 Å². The van der Waals surface area contributed by atoms with Crippen LogP contribution in [0.4, 0.5) is 13.2 Å². The van der Waals surface area contributed by atoms with Crippen LogP contribution in [-0.2, 0) is 6.54 Å². The normalized spacial score (nSPS) is 10.6. The SMILES string of the molecule is Cl.Fc1ccc(-c2cnnc(Cn3ccnc3)c2)cc1C(F)F. The first-order chi connectivity index (χ1) is 10.6. The summed E-state index contributed by atoms with van der Waals surface area (Å²) in [6.45, 7) is 0.462. The lowest BCUT2D eigenvalue weighted by Crippen LogP contribution is -2.01. The first kappa shape index (κ1) is 17.0. The van der Waals surface area contributed by atoms with Crippen LogP contribution in [0.25, 0.3) is 11.1 Å². The molecule has 0 amide bonds. The van der Waals surface area contributed by atoms with Crippen molar-refractivity contribution >= 4 is 12.4 Å². The van der Waals surface area contributed by atoms with E-state index in [0.29, 0.717) is 23.4 Å². The molecule has 0 spiro atoms. The Bertz CT molecular complexity index is 778. The minimum absolute atomic E-state index is 0. The molecule has 1 aromatic carbocycles. The van der Waals surface area contributed by atoms with E-state index in [-0.39, 0.29) is 12.4 Å². The van der Waals surface area contributed by atoms with Gasteiger partial charge in [-0.1, -0.05) is 6.07 Å². The Morgan fingerprint density at radius 1 is 1.13 bits per heavy atom. The Kier molecular flexibility index (Phi) is 5.33. The summed E-state index contributed by atoms with van der Waals surface area (Å²) in [5.74, 6) is -0.917. The lowest BCUT2D eigenvalue weighted by atomic mass is 10.0. The molecule has 0 atom stereocenters. The molecule has 2 aromatic heterocycles. The average Bonchev–Trinajstić information content (AvgIpc) is 3.00. The Hall–Kier alpha value is -2.41. The molecule has 120 valence electrons. The highest BCUT2D eigenvalue weighted by Gasteiger charge is 2.14. The van der Waals surface area contributed by atoms with Crippen molar-refractivity contribution in [3.63, 3.8) is 0 Å². The van der Waals surface area contributed by atoms with Gasteiger partial charge in [0.2, 0.25) is 0 Å². The fourth-order valence-corrected chi connectivity index (χ4v) is 2.10. The minimum atomic E-state index is -2.86. The van der Waals surface area contributed by atoms with Crippen LogP contribution < -0.4 is 0 Å². The van der Waals surface area contributed by atoms with Crippen LogP contribution in [0.2, 0.25) is 0 Å². The summed E-state index contributed by atoms with van der Waals surface area (Å²) in [6, 6.07) is 5.35. The molecule has 0 aliphatic carbocycles. The maximum Gasteiger partial charge on any atom is 0.266 e. The van der Waals surface area contributed by atoms with Gasteiger partial charge in [-0.2, -0.15) is 10.2 Å². The van der Waals surface area contributed by atoms with Gasteiger partial charge in [0.05, 0.1) is 30.3 Å². The van der Waals surface area contributed by atoms with E-state index in [4.69, 9.17) is 0 Å². The highest BCUT2D eigenvalue weighted by atomic mass is 35.5. The smallest absolute Gasteiger partial charge is 0.266 e. The number of aromatic nitrogens is 4. The Morgan fingerprint density at radius 3 is 2.65 bits per heavy atom. The van der Waals surface area contributed by atoms with Gasteiger partial charge in [-0.05, 0) is 23.8 Å². The van der Waals surface area contributed by atoms with E-state index in [2.05, 4.69) is 15.2 Å². The molecular formula is C15H12ClF3N4. The summed E-state index contributed by atoms with van der Waals surface area (Å²) in [4.78, 5) is 3.93. The summed E-state index contributed by atoms with van der Waals surface area (Å²) in [6.07, 6.45) is 3.66. The number of alkyl halides is 2. The Balaban J connectivity index is 0.00000192. The number of hydrogen-bond donors (Lipinski definition) is 0. The molecule has 0 fully saturated rings. The van der Waals surface area contributed by atoms with Crippen LogP contribution in [0.1, 0.15) is 17.7 Å². The van der Waals surface area contributed by atoms with Crippen molar-refractivity contribution in [3.8, 4) is 11.1 Å². The third kappa shape index (κ3) is 3.87. The van der Waals surface area contributed by atoms with Crippen molar-refractivity contribution in [2.45, 2.75) is 13.0 Å². The van der Waals surface area contributed by atoms with Gasteiger partial charge < -0.3 is 4.57 Å². The lowest BCUT2D eigenvalue weighted by Gasteiger charge is -2.07. The number of hydrogen-bond acceptors (Lipinski definition) is 3. The molecule has 8 heteroatoms. The van der Waals surface area contributed by atoms with Gasteiger partial charge in [-0.25, -0.2) is 18.2 Å². The summed E-state index contributed by atoms with van der Waals surface area (Å²) < 4.78 is 40.7. The molecule has 0 aliphatic heterocycles. The maximum absolute atomic E-state index is 13.3. The van der Waals surface area contributed by atoms with Gasteiger partial charge in [-0.15, -0.1) is 12.4 Å². The molecule has 3 aromatic rings. The Labute approximate surface area is 136 Å². The second kappa shape index (κ2) is 7.23. The molecule has 3 rings (SSSR count). The highest BCUT2D eigenvalue weighted by Crippen LogP contribution is 2.28. The molecule has 0 saturated heterocycles. The first-order valence-corrected chi connectivity index (χ1v) is 6.49. The average molecular weight is 341 g/mol. The standard InChI is InChI=1S/C15H11F3N4.ClH/c16-14-2-1-10(6-13(14)15(17)18)11-5-12(21-20-7-11)8-22-4-3-19-9-22;/h1-7,9,15H,8H2;1H. The van der Waals surface area contributed by atoms with Crippen LogP contribution in [0.3, 0.4) is 0 Å². The van der Waals surface area contributed by atoms with Crippen LogP contribution in [0, 0.1) is 5.82 Å². The zero-order valence-electron chi connectivity index (χ0n) is 11.7. The highest BCUT2D eigenvalue weighted by molar-refractivity contribution is 5.85. The molecule has 0 N–H and O–H groups in total. The zero-order valence-corrected chi connectivity index (χ0v) is 12.6. The predicted octanol–water partition coefficient (Wildman–Crippen LogP) is 3.89. The molecule has 0 radical (unpaired) electrons. The van der Waals surface area contributed by atoms with Crippen molar-refractivity contribution in [3.05, 3.63) is 66.3 Å². The molecule has 4 nitrogen and oxygen atoms in total. The molecular weight excluding hydrogens is 329 g/mol. The van der Waals surface area contributed by atoms with Crippen molar-refractivity contribution in [1.29, 1.82) is 0 Å². The van der Waals surface area contributed by atoms with Crippen molar-refractivity contribution in [1.82, 2.24) is 19.7 Å². The quantitative estimate of drug-likeness (QED) is 0.723. The fourth-order valence-electron chi connectivity index (χ4n) is 2.10. The fraction of sp³-hybridized carbons (Fsp3) is 0.133. The summed E-state index contributed by atoms with van der Waals surface area (Å²) in [5.41, 5.74) is 1.11. The Morgan fingerprint density at radius 2 is 1.96 bits per heavy atom. The molecule has 2 heterocycles. The van der Waals surface area contributed by atoms with Crippen LogP contribution >= 0.6 is 12.4 Å². The number of imidazole rings is 1. The lowest BCUT2D eigenvalue weighted by molar-refractivity contribution is 0.146. The summed E-state index contributed by atoms with van der Waals surface area (Å²) in [7, 11) is 0. The molecule has 23 heavy (non-hydrogen) atoms. The monoisotopic (exact) mass is 340 g/mol. The number of rotatable bonds is 4. The summed E-state index contributed by atoms with van der Waals surface area (Å²) in [5, 5.41) is 7.87. The van der Waals surface area contributed by atoms with Crippen LogP contribution in [0.15, 0.2) is 49.2 Å². The van der Waals surface area contributed by atoms with Crippen molar-refractivity contribution in [2.24, 2.45) is 0 Å². The number of nitrogens with zero attached hydrogens (tertiary/aromatic N) is 4. The van der Waals surface area contributed by atoms with Crippen LogP contribution in [-0.4, -0.2) is 19.7 Å². The molecule has 0 saturated carbocycles. The van der Waals surface area contributed by atoms with E-state index in [9.17, 15) is 13.2 Å². The van der Waals surface area contributed by atoms with E-state index in [1.165, 1.54) is 12.3 Å².